The molecule has 7 heteroatoms. The van der Waals surface area contributed by atoms with E-state index < -0.39 is 0 Å². The number of nitrogens with one attached hydrogen (secondary N) is 1. The van der Waals surface area contributed by atoms with Crippen LogP contribution < -0.4 is 5.32 Å². The Labute approximate surface area is 172 Å². The molecule has 3 heterocycles. The van der Waals surface area contributed by atoms with Gasteiger partial charge in [0.25, 0.3) is 5.91 Å². The molecule has 0 aliphatic carbocycles. The normalized spacial score (nSPS) is 19.8. The maximum absolute atomic E-state index is 13.0. The van der Waals surface area contributed by atoms with E-state index in [4.69, 9.17) is 4.42 Å². The molecular formula is C22H21N3O3S. The molecule has 1 saturated heterocycles. The number of nitrogens with zero attached hydrogens (tertiary/aromatic N) is 2. The Balaban J connectivity index is 1.28. The van der Waals surface area contributed by atoms with Crippen molar-refractivity contribution in [1.29, 1.82) is 0 Å². The van der Waals surface area contributed by atoms with E-state index >= 15 is 0 Å². The minimum absolute atomic E-state index is 0.00156. The maximum Gasteiger partial charge on any atom is 0.253 e. The summed E-state index contributed by atoms with van der Waals surface area (Å²) >= 11 is 1.52. The fraction of sp³-hybridized carbons (Fsp3) is 0.318. The lowest BCUT2D eigenvalue weighted by Crippen LogP contribution is -2.38. The third kappa shape index (κ3) is 3.40. The van der Waals surface area contributed by atoms with Crippen LogP contribution in [0, 0.1) is 0 Å². The monoisotopic (exact) mass is 407 g/mol. The fourth-order valence-electron chi connectivity index (χ4n) is 3.92. The van der Waals surface area contributed by atoms with E-state index in [0.717, 1.165) is 40.4 Å². The van der Waals surface area contributed by atoms with Gasteiger partial charge in [0, 0.05) is 29.5 Å². The first-order chi connectivity index (χ1) is 14.1. The maximum atomic E-state index is 13.0. The summed E-state index contributed by atoms with van der Waals surface area (Å²) in [5.41, 5.74) is 3.03. The van der Waals surface area contributed by atoms with Crippen molar-refractivity contribution < 1.29 is 14.0 Å². The van der Waals surface area contributed by atoms with Crippen LogP contribution in [-0.4, -0.2) is 40.0 Å². The molecule has 1 aromatic heterocycles. The third-order valence-corrected chi connectivity index (χ3v) is 6.78. The van der Waals surface area contributed by atoms with Crippen LogP contribution in [0.2, 0.25) is 0 Å². The van der Waals surface area contributed by atoms with Gasteiger partial charge in [0.05, 0.1) is 10.9 Å². The number of carbonyl (C=O) groups is 2. The van der Waals surface area contributed by atoms with Crippen molar-refractivity contribution >= 4 is 40.4 Å². The smallest absolute Gasteiger partial charge is 0.253 e. The van der Waals surface area contributed by atoms with Gasteiger partial charge in [0.2, 0.25) is 5.91 Å². The first kappa shape index (κ1) is 18.2. The summed E-state index contributed by atoms with van der Waals surface area (Å²) in [6, 6.07) is 13.4. The Kier molecular flexibility index (Phi) is 4.54. The van der Waals surface area contributed by atoms with Crippen LogP contribution in [0.25, 0.3) is 11.1 Å². The second-order valence-corrected chi connectivity index (χ2v) is 8.93. The average molecular weight is 407 g/mol. The summed E-state index contributed by atoms with van der Waals surface area (Å²) in [5.74, 6) is 0.973. The quantitative estimate of drug-likeness (QED) is 0.686. The number of anilines is 1. The highest BCUT2D eigenvalue weighted by atomic mass is 32.2. The first-order valence-electron chi connectivity index (χ1n) is 9.85. The van der Waals surface area contributed by atoms with Gasteiger partial charge in [-0.1, -0.05) is 12.1 Å². The predicted molar refractivity (Wildman–Crippen MR) is 112 cm³/mol. The van der Waals surface area contributed by atoms with E-state index in [1.54, 1.807) is 6.07 Å². The van der Waals surface area contributed by atoms with Crippen LogP contribution in [0.1, 0.15) is 41.9 Å². The molecule has 1 atom stereocenters. The molecule has 148 valence electrons. The Morgan fingerprint density at radius 2 is 2.00 bits per heavy atom. The zero-order chi connectivity index (χ0) is 20.0. The highest BCUT2D eigenvalue weighted by Crippen LogP contribution is 2.36. The number of oxazole rings is 1. The van der Waals surface area contributed by atoms with Crippen LogP contribution >= 0.6 is 11.8 Å². The number of likely N-dealkylation sites (tertiary alicyclic amines) is 1. The molecule has 0 radical (unpaired) electrons. The lowest BCUT2D eigenvalue weighted by atomic mass is 9.96. The second-order valence-electron chi connectivity index (χ2n) is 7.55. The van der Waals surface area contributed by atoms with E-state index in [9.17, 15) is 9.59 Å². The van der Waals surface area contributed by atoms with Crippen LogP contribution in [0.3, 0.4) is 0 Å². The highest BCUT2D eigenvalue weighted by Gasteiger charge is 2.29. The van der Waals surface area contributed by atoms with Gasteiger partial charge in [-0.25, -0.2) is 4.98 Å². The van der Waals surface area contributed by atoms with Gasteiger partial charge in [-0.15, -0.1) is 11.8 Å². The molecule has 29 heavy (non-hydrogen) atoms. The van der Waals surface area contributed by atoms with Crippen molar-refractivity contribution in [3.63, 3.8) is 0 Å². The number of rotatable bonds is 2. The molecule has 1 N–H and O–H groups in total. The van der Waals surface area contributed by atoms with E-state index in [-0.39, 0.29) is 23.0 Å². The molecule has 2 amide bonds. The van der Waals surface area contributed by atoms with E-state index in [1.165, 1.54) is 11.8 Å². The first-order valence-corrected chi connectivity index (χ1v) is 10.7. The number of hydrogen-bond donors (Lipinski definition) is 1. The summed E-state index contributed by atoms with van der Waals surface area (Å²) in [6.07, 6.45) is 1.65. The highest BCUT2D eigenvalue weighted by molar-refractivity contribution is 8.00. The SMILES string of the molecule is C[C@H]1Sc2ccc(C(=O)N3CCC(c4nc5ccccc5o4)CC3)cc2NC1=O. The number of fused-ring (bicyclic) bond motifs is 2. The molecule has 0 unspecified atom stereocenters. The molecule has 0 bridgehead atoms. The van der Waals surface area contributed by atoms with E-state index in [0.29, 0.717) is 18.7 Å². The summed E-state index contributed by atoms with van der Waals surface area (Å²) < 4.78 is 5.91. The lowest BCUT2D eigenvalue weighted by molar-refractivity contribution is -0.115. The van der Waals surface area contributed by atoms with Crippen LogP contribution in [0.4, 0.5) is 5.69 Å². The second kappa shape index (κ2) is 7.22. The average Bonchev–Trinajstić information content (AvgIpc) is 3.18. The zero-order valence-electron chi connectivity index (χ0n) is 16.1. The van der Waals surface area contributed by atoms with Crippen molar-refractivity contribution in [3.05, 3.63) is 53.9 Å². The summed E-state index contributed by atoms with van der Waals surface area (Å²) in [7, 11) is 0. The summed E-state index contributed by atoms with van der Waals surface area (Å²) in [4.78, 5) is 32.4. The van der Waals surface area contributed by atoms with Gasteiger partial charge < -0.3 is 14.6 Å². The molecular weight excluding hydrogens is 386 g/mol. The largest absolute Gasteiger partial charge is 0.440 e. The van der Waals surface area contributed by atoms with Gasteiger partial charge in [0.1, 0.15) is 5.52 Å². The topological polar surface area (TPSA) is 75.4 Å². The predicted octanol–water partition coefficient (Wildman–Crippen LogP) is 4.28. The molecule has 2 aliphatic heterocycles. The van der Waals surface area contributed by atoms with Crippen molar-refractivity contribution in [1.82, 2.24) is 9.88 Å². The van der Waals surface area contributed by atoms with Gasteiger partial charge in [-0.3, -0.25) is 9.59 Å². The molecule has 1 fully saturated rings. The van der Waals surface area contributed by atoms with Gasteiger partial charge >= 0.3 is 0 Å². The van der Waals surface area contributed by atoms with Crippen molar-refractivity contribution in [3.8, 4) is 0 Å². The number of piperidine rings is 1. The molecule has 0 spiro atoms. The molecule has 6 nitrogen and oxygen atoms in total. The molecule has 2 aliphatic rings. The van der Waals surface area contributed by atoms with Crippen molar-refractivity contribution in [2.24, 2.45) is 0 Å². The Morgan fingerprint density at radius 3 is 2.79 bits per heavy atom. The number of carbonyl (C=O) groups excluding carboxylic acids is 2. The Bertz CT molecular complexity index is 1070. The fourth-order valence-corrected chi connectivity index (χ4v) is 4.85. The van der Waals surface area contributed by atoms with Crippen molar-refractivity contribution in [2.75, 3.05) is 18.4 Å². The third-order valence-electron chi connectivity index (χ3n) is 5.60. The number of amides is 2. The molecule has 2 aromatic carbocycles. The zero-order valence-corrected chi connectivity index (χ0v) is 16.9. The summed E-state index contributed by atoms with van der Waals surface area (Å²) in [6.45, 7) is 3.21. The Morgan fingerprint density at radius 1 is 1.21 bits per heavy atom. The minimum atomic E-state index is -0.116. The lowest BCUT2D eigenvalue weighted by Gasteiger charge is -2.31. The number of thioether (sulfide) groups is 1. The molecule has 0 saturated carbocycles. The number of hydrogen-bond acceptors (Lipinski definition) is 5. The molecule has 3 aromatic rings. The van der Waals surface area contributed by atoms with Gasteiger partial charge in [-0.2, -0.15) is 0 Å². The van der Waals surface area contributed by atoms with Crippen molar-refractivity contribution in [2.45, 2.75) is 35.8 Å². The number of aromatic nitrogens is 1. The Hall–Kier alpha value is -2.80. The van der Waals surface area contributed by atoms with Gasteiger partial charge in [0.15, 0.2) is 11.5 Å². The number of para-hydroxylation sites is 2. The van der Waals surface area contributed by atoms with Crippen LogP contribution in [-0.2, 0) is 4.79 Å². The van der Waals surface area contributed by atoms with Crippen LogP contribution in [0.5, 0.6) is 0 Å². The van der Waals surface area contributed by atoms with Crippen LogP contribution in [0.15, 0.2) is 51.8 Å². The minimum Gasteiger partial charge on any atom is -0.440 e. The van der Waals surface area contributed by atoms with E-state index in [2.05, 4.69) is 10.3 Å². The van der Waals surface area contributed by atoms with E-state index in [1.807, 2.05) is 48.2 Å². The molecule has 5 rings (SSSR count). The number of benzene rings is 2. The standard InChI is InChI=1S/C22H21N3O3S/c1-13-20(26)23-17-12-15(6-7-19(17)29-13)22(27)25-10-8-14(9-11-25)21-24-16-4-2-3-5-18(16)28-21/h2-7,12-14H,8-11H2,1H3,(H,23,26)/t13-/m1/s1. The van der Waals surface area contributed by atoms with Gasteiger partial charge in [-0.05, 0) is 50.1 Å². The summed E-state index contributed by atoms with van der Waals surface area (Å²) in [5, 5.41) is 2.78.